The number of ether oxygens (including phenoxy) is 3. The molecule has 0 heterocycles. The number of phosphoric ester groups is 2. The van der Waals surface area contributed by atoms with Crippen LogP contribution in [0.1, 0.15) is 303 Å². The minimum Gasteiger partial charge on any atom is -0.463 e. The second kappa shape index (κ2) is 68.4. The zero-order valence-electron chi connectivity index (χ0n) is 58.4. The van der Waals surface area contributed by atoms with Gasteiger partial charge < -0.3 is 34.2 Å². The molecule has 0 aromatic heterocycles. The number of carbonyl (C=O) groups is 3. The molecule has 0 fully saturated rings. The third-order valence-corrected chi connectivity index (χ3v) is 17.2. The highest BCUT2D eigenvalue weighted by Crippen LogP contribution is 2.45. The van der Waals surface area contributed by atoms with Crippen molar-refractivity contribution in [2.24, 2.45) is 0 Å². The first-order valence-electron chi connectivity index (χ1n) is 36.5. The summed E-state index contributed by atoms with van der Waals surface area (Å²) in [5, 5.41) is 20.6. The van der Waals surface area contributed by atoms with Crippen LogP contribution in [-0.2, 0) is 55.8 Å². The van der Waals surface area contributed by atoms with Crippen LogP contribution in [0, 0.1) is 0 Å². The summed E-state index contributed by atoms with van der Waals surface area (Å²) < 4.78 is 60.9. The fourth-order valence-electron chi connectivity index (χ4n) is 9.79. The number of allylic oxidation sites excluding steroid dienone is 16. The normalized spacial score (nSPS) is 14.7. The highest BCUT2D eigenvalue weighted by atomic mass is 31.2. The van der Waals surface area contributed by atoms with Gasteiger partial charge >= 0.3 is 33.6 Å². The molecule has 4 N–H and O–H groups in total. The predicted molar refractivity (Wildman–Crippen MR) is 381 cm³/mol. The molecule has 0 rings (SSSR count). The smallest absolute Gasteiger partial charge is 0.463 e. The molecule has 0 spiro atoms. The molecular formula is C75H132O16P2. The van der Waals surface area contributed by atoms with Crippen molar-refractivity contribution in [2.75, 3.05) is 39.6 Å². The van der Waals surface area contributed by atoms with E-state index in [1.54, 1.807) is 0 Å². The molecule has 16 nitrogen and oxygen atoms in total. The van der Waals surface area contributed by atoms with E-state index in [0.29, 0.717) is 19.3 Å². The Morgan fingerprint density at radius 1 is 0.312 bits per heavy atom. The van der Waals surface area contributed by atoms with E-state index in [4.69, 9.17) is 32.3 Å². The Morgan fingerprint density at radius 2 is 0.570 bits per heavy atom. The van der Waals surface area contributed by atoms with Crippen LogP contribution in [0.5, 0.6) is 0 Å². The van der Waals surface area contributed by atoms with Gasteiger partial charge in [-0.15, -0.1) is 0 Å². The van der Waals surface area contributed by atoms with Gasteiger partial charge in [-0.05, 0) is 96.3 Å². The summed E-state index contributed by atoms with van der Waals surface area (Å²) in [6, 6.07) is 0. The third kappa shape index (κ3) is 69.6. The van der Waals surface area contributed by atoms with Crippen molar-refractivity contribution in [1.29, 1.82) is 0 Å². The average molecular weight is 1350 g/mol. The Labute approximate surface area is 565 Å². The summed E-state index contributed by atoms with van der Waals surface area (Å²) >= 11 is 0. The Balaban J connectivity index is 4.41. The van der Waals surface area contributed by atoms with Crippen molar-refractivity contribution >= 4 is 33.6 Å². The van der Waals surface area contributed by atoms with Gasteiger partial charge in [0, 0.05) is 19.3 Å². The van der Waals surface area contributed by atoms with Gasteiger partial charge in [0.05, 0.1) is 26.4 Å². The molecule has 0 amide bonds. The first-order chi connectivity index (χ1) is 45.2. The molecule has 0 aliphatic rings. The van der Waals surface area contributed by atoms with E-state index in [2.05, 4.69) is 118 Å². The summed E-state index contributed by atoms with van der Waals surface area (Å²) in [4.78, 5) is 58.4. The lowest BCUT2D eigenvalue weighted by atomic mass is 10.0. The van der Waals surface area contributed by atoms with Crippen LogP contribution in [0.25, 0.3) is 0 Å². The van der Waals surface area contributed by atoms with Gasteiger partial charge in [0.2, 0.25) is 0 Å². The molecule has 0 bridgehead atoms. The number of hydrogen-bond acceptors (Lipinski definition) is 14. The predicted octanol–water partition coefficient (Wildman–Crippen LogP) is 20.6. The van der Waals surface area contributed by atoms with Crippen LogP contribution < -0.4 is 0 Å². The largest absolute Gasteiger partial charge is 0.472 e. The van der Waals surface area contributed by atoms with Crippen molar-refractivity contribution in [2.45, 2.75) is 322 Å². The minimum absolute atomic E-state index is 0.105. The summed E-state index contributed by atoms with van der Waals surface area (Å²) in [5.74, 6) is -1.58. The van der Waals surface area contributed by atoms with Crippen LogP contribution in [0.3, 0.4) is 0 Å². The molecule has 538 valence electrons. The van der Waals surface area contributed by atoms with Crippen LogP contribution in [0.4, 0.5) is 0 Å². The molecule has 93 heavy (non-hydrogen) atoms. The average Bonchev–Trinajstić information content (AvgIpc) is 2.42. The summed E-state index contributed by atoms with van der Waals surface area (Å²) in [7, 11) is -9.77. The molecule has 0 aliphatic heterocycles. The zero-order chi connectivity index (χ0) is 68.1. The van der Waals surface area contributed by atoms with Crippen LogP contribution in [-0.4, -0.2) is 95.9 Å². The van der Waals surface area contributed by atoms with Crippen molar-refractivity contribution in [3.63, 3.8) is 0 Å². The quantitative estimate of drug-likeness (QED) is 0.0146. The van der Waals surface area contributed by atoms with E-state index in [0.717, 1.165) is 148 Å². The van der Waals surface area contributed by atoms with E-state index in [-0.39, 0.29) is 19.3 Å². The van der Waals surface area contributed by atoms with E-state index < -0.39 is 91.5 Å². The number of esters is 3. The molecule has 0 saturated heterocycles. The third-order valence-electron chi connectivity index (χ3n) is 15.3. The number of unbranched alkanes of at least 4 members (excludes halogenated alkanes) is 30. The topological polar surface area (TPSA) is 231 Å². The van der Waals surface area contributed by atoms with Crippen molar-refractivity contribution in [3.8, 4) is 0 Å². The highest BCUT2D eigenvalue weighted by Gasteiger charge is 2.29. The molecule has 18 heteroatoms. The molecular weight excluding hydrogens is 1220 g/mol. The van der Waals surface area contributed by atoms with Crippen molar-refractivity contribution in [3.05, 3.63) is 97.2 Å². The maximum atomic E-state index is 12.9. The van der Waals surface area contributed by atoms with Crippen LogP contribution in [0.2, 0.25) is 0 Å². The lowest BCUT2D eigenvalue weighted by Gasteiger charge is -2.21. The van der Waals surface area contributed by atoms with Gasteiger partial charge in [-0.3, -0.25) is 32.5 Å². The molecule has 5 unspecified atom stereocenters. The summed E-state index contributed by atoms with van der Waals surface area (Å²) in [6.07, 6.45) is 76.2. The lowest BCUT2D eigenvalue weighted by Crippen LogP contribution is -2.30. The minimum atomic E-state index is -4.92. The highest BCUT2D eigenvalue weighted by molar-refractivity contribution is 7.47. The molecule has 0 aromatic rings. The second-order valence-corrected chi connectivity index (χ2v) is 27.2. The Kier molecular flexibility index (Phi) is 65.8. The Bertz CT molecular complexity index is 2080. The maximum Gasteiger partial charge on any atom is 0.472 e. The SMILES string of the molecule is CC/C=C\C/C=C\C/C=C\C/C=C\C/C=C\CCCCCCCCCCCCCCCC(=O)OCC(O)COP(=O)(O)OCC(O)COP(=O)(O)OCC(COC(=O)CCCCCCCCC/C=C\C/C=C\C/C=C\CC)OC(=O)CCCCCCCCCCCCC. The molecule has 0 saturated carbocycles. The van der Waals surface area contributed by atoms with Crippen LogP contribution >= 0.6 is 15.6 Å². The van der Waals surface area contributed by atoms with Gasteiger partial charge in [0.1, 0.15) is 25.4 Å². The van der Waals surface area contributed by atoms with Crippen molar-refractivity contribution in [1.82, 2.24) is 0 Å². The number of hydrogen-bond donors (Lipinski definition) is 4. The Hall–Kier alpha value is -3.53. The second-order valence-electron chi connectivity index (χ2n) is 24.3. The summed E-state index contributed by atoms with van der Waals surface area (Å²) in [5.41, 5.74) is 0. The van der Waals surface area contributed by atoms with Crippen molar-refractivity contribution < 1.29 is 75.8 Å². The molecule has 0 radical (unpaired) electrons. The molecule has 5 atom stereocenters. The first kappa shape index (κ1) is 89.5. The van der Waals surface area contributed by atoms with Crippen LogP contribution in [0.15, 0.2) is 97.2 Å². The number of carbonyl (C=O) groups excluding carboxylic acids is 3. The van der Waals surface area contributed by atoms with Gasteiger partial charge in [0.15, 0.2) is 6.10 Å². The number of aliphatic hydroxyl groups excluding tert-OH is 2. The molecule has 0 aliphatic carbocycles. The maximum absolute atomic E-state index is 12.9. The van der Waals surface area contributed by atoms with Gasteiger partial charge in [-0.2, -0.15) is 0 Å². The zero-order valence-corrected chi connectivity index (χ0v) is 60.2. The standard InChI is InChI=1S/C75H132O16P2/c1-4-7-10-13-16-19-22-24-26-28-29-30-31-32-33-34-35-36-37-38-39-41-43-44-47-49-52-55-58-61-73(78)85-64-70(76)65-87-92(81,82)88-66-71(77)67-89-93(83,84)90-69-72(91-75(80)63-60-57-54-51-46-21-18-15-12-9-6-3)68-86-74(79)62-59-56-53-50-48-45-42-40-27-25-23-20-17-14-11-8-5-2/h7-8,10-11,16-17,19-20,24-27,29-30,32-33,70-72,76-77H,4-6,9,12-15,18,21-23,28,31,34-69H2,1-3H3,(H,81,82)(H,83,84)/b10-7-,11-8-,19-16-,20-17-,26-24-,27-25-,30-29-,33-32-. The lowest BCUT2D eigenvalue weighted by molar-refractivity contribution is -0.161. The Morgan fingerprint density at radius 3 is 0.903 bits per heavy atom. The van der Waals surface area contributed by atoms with Gasteiger partial charge in [-0.1, -0.05) is 285 Å². The van der Waals surface area contributed by atoms with Gasteiger partial charge in [-0.25, -0.2) is 9.13 Å². The number of phosphoric acid groups is 2. The fraction of sp³-hybridized carbons (Fsp3) is 0.747. The number of aliphatic hydroxyl groups is 2. The monoisotopic (exact) mass is 1350 g/mol. The number of rotatable bonds is 69. The van der Waals surface area contributed by atoms with E-state index in [1.807, 2.05) is 0 Å². The fourth-order valence-corrected chi connectivity index (χ4v) is 11.4. The van der Waals surface area contributed by atoms with E-state index >= 15 is 0 Å². The summed E-state index contributed by atoms with van der Waals surface area (Å²) in [6.45, 7) is 2.45. The molecule has 0 aromatic carbocycles. The first-order valence-corrected chi connectivity index (χ1v) is 39.5. The van der Waals surface area contributed by atoms with E-state index in [1.165, 1.54) is 96.3 Å². The van der Waals surface area contributed by atoms with E-state index in [9.17, 15) is 43.5 Å². The van der Waals surface area contributed by atoms with Gasteiger partial charge in [0.25, 0.3) is 0 Å².